The smallest absolute Gasteiger partial charge is 0.306 e. The van der Waals surface area contributed by atoms with Crippen molar-refractivity contribution in [3.63, 3.8) is 0 Å². The molecule has 0 bridgehead atoms. The van der Waals surface area contributed by atoms with Gasteiger partial charge in [0.2, 0.25) is 0 Å². The van der Waals surface area contributed by atoms with Crippen molar-refractivity contribution in [3.8, 4) is 5.75 Å². The number of hydrogen-bond donors (Lipinski definition) is 2. The van der Waals surface area contributed by atoms with Gasteiger partial charge in [0.05, 0.1) is 0 Å². The molecule has 2 aromatic rings. The molecule has 144 valence electrons. The molecule has 2 N–H and O–H groups in total. The van der Waals surface area contributed by atoms with Gasteiger partial charge in [-0.2, -0.15) is 0 Å². The predicted molar refractivity (Wildman–Crippen MR) is 106 cm³/mol. The van der Waals surface area contributed by atoms with E-state index in [1.165, 1.54) is 0 Å². The van der Waals surface area contributed by atoms with Crippen molar-refractivity contribution in [2.24, 2.45) is 0 Å². The first-order valence-corrected chi connectivity index (χ1v) is 9.72. The van der Waals surface area contributed by atoms with Gasteiger partial charge in [-0.3, -0.25) is 4.79 Å². The molecule has 5 heteroatoms. The fraction of sp³-hybridized carbons (Fsp3) is 0.571. The number of benzene rings is 1. The number of unbranched alkanes of at least 4 members (excludes halogenated alkanes) is 3. The third-order valence-electron chi connectivity index (χ3n) is 4.27. The van der Waals surface area contributed by atoms with Crippen LogP contribution in [0.2, 0.25) is 0 Å². The van der Waals surface area contributed by atoms with E-state index in [0.717, 1.165) is 42.3 Å². The van der Waals surface area contributed by atoms with Gasteiger partial charge < -0.3 is 19.8 Å². The number of carbonyl (C=O) groups is 1. The number of aromatic nitrogens is 1. The first-order chi connectivity index (χ1) is 12.6. The Morgan fingerprint density at radius 3 is 2.81 bits per heavy atom. The fourth-order valence-corrected chi connectivity index (χ4v) is 2.81. The summed E-state index contributed by atoms with van der Waals surface area (Å²) in [6, 6.07) is 8.22. The molecule has 1 aromatic carbocycles. The Bertz CT molecular complexity index is 666. The third kappa shape index (κ3) is 6.71. The molecule has 0 aliphatic carbocycles. The summed E-state index contributed by atoms with van der Waals surface area (Å²) in [5.41, 5.74) is 1.03. The normalized spacial score (nSPS) is 12.5. The van der Waals surface area contributed by atoms with Gasteiger partial charge in [0.15, 0.2) is 0 Å². The van der Waals surface area contributed by atoms with E-state index in [9.17, 15) is 4.79 Å². The molecule has 0 fully saturated rings. The van der Waals surface area contributed by atoms with E-state index in [-0.39, 0.29) is 12.1 Å². The van der Waals surface area contributed by atoms with Gasteiger partial charge in [0, 0.05) is 36.1 Å². The van der Waals surface area contributed by atoms with Crippen molar-refractivity contribution >= 4 is 16.9 Å². The van der Waals surface area contributed by atoms with Gasteiger partial charge in [-0.15, -0.1) is 0 Å². The first-order valence-electron chi connectivity index (χ1n) is 9.72. The Morgan fingerprint density at radius 1 is 1.19 bits per heavy atom. The van der Waals surface area contributed by atoms with Crippen LogP contribution in [0.25, 0.3) is 10.9 Å². The molecule has 26 heavy (non-hydrogen) atoms. The lowest BCUT2D eigenvalue weighted by Crippen LogP contribution is -2.38. The van der Waals surface area contributed by atoms with Gasteiger partial charge in [-0.1, -0.05) is 46.1 Å². The number of fused-ring (bicyclic) bond motifs is 1. The van der Waals surface area contributed by atoms with Crippen molar-refractivity contribution in [2.45, 2.75) is 65.0 Å². The van der Waals surface area contributed by atoms with Crippen LogP contribution < -0.4 is 10.1 Å². The maximum absolute atomic E-state index is 12.1. The van der Waals surface area contributed by atoms with Crippen LogP contribution in [0.15, 0.2) is 30.5 Å². The monoisotopic (exact) mass is 360 g/mol. The van der Waals surface area contributed by atoms with E-state index in [1.54, 1.807) is 0 Å². The van der Waals surface area contributed by atoms with Crippen molar-refractivity contribution in [1.29, 1.82) is 0 Å². The summed E-state index contributed by atoms with van der Waals surface area (Å²) in [6.07, 6.45) is 6.36. The fourth-order valence-electron chi connectivity index (χ4n) is 2.81. The summed E-state index contributed by atoms with van der Waals surface area (Å²) in [5.74, 6) is 0.664. The lowest BCUT2D eigenvalue weighted by Gasteiger charge is -2.20. The second-order valence-electron chi connectivity index (χ2n) is 6.99. The molecule has 0 saturated carbocycles. The molecule has 1 atom stereocenters. The molecule has 0 saturated heterocycles. The van der Waals surface area contributed by atoms with Crippen LogP contribution in [0.5, 0.6) is 5.75 Å². The lowest BCUT2D eigenvalue weighted by atomic mass is 10.1. The zero-order valence-electron chi connectivity index (χ0n) is 16.2. The maximum Gasteiger partial charge on any atom is 0.306 e. The number of hydrogen-bond acceptors (Lipinski definition) is 4. The molecule has 0 spiro atoms. The average molecular weight is 360 g/mol. The molecule has 1 unspecified atom stereocenters. The van der Waals surface area contributed by atoms with Crippen LogP contribution in [-0.2, 0) is 9.53 Å². The summed E-state index contributed by atoms with van der Waals surface area (Å²) in [7, 11) is 0. The molecular formula is C21H32N2O3. The van der Waals surface area contributed by atoms with Gasteiger partial charge in [0.1, 0.15) is 18.5 Å². The largest absolute Gasteiger partial charge is 0.489 e. The quantitative estimate of drug-likeness (QED) is 0.434. The highest BCUT2D eigenvalue weighted by Crippen LogP contribution is 2.24. The van der Waals surface area contributed by atoms with Crippen molar-refractivity contribution in [1.82, 2.24) is 10.3 Å². The number of nitrogens with one attached hydrogen (secondary N) is 2. The minimum Gasteiger partial charge on any atom is -0.489 e. The van der Waals surface area contributed by atoms with E-state index in [1.807, 2.05) is 30.5 Å². The van der Waals surface area contributed by atoms with E-state index >= 15 is 0 Å². The zero-order chi connectivity index (χ0) is 18.8. The molecule has 2 rings (SSSR count). The van der Waals surface area contributed by atoms with Crippen LogP contribution in [0.1, 0.15) is 52.9 Å². The van der Waals surface area contributed by atoms with Crippen LogP contribution >= 0.6 is 0 Å². The topological polar surface area (TPSA) is 63.4 Å². The Balaban J connectivity index is 1.89. The second-order valence-corrected chi connectivity index (χ2v) is 6.99. The van der Waals surface area contributed by atoms with E-state index < -0.39 is 0 Å². The van der Waals surface area contributed by atoms with Gasteiger partial charge in [-0.05, 0) is 24.6 Å². The molecule has 5 nitrogen and oxygen atoms in total. The van der Waals surface area contributed by atoms with Gasteiger partial charge in [-0.25, -0.2) is 0 Å². The Labute approximate surface area is 156 Å². The van der Waals surface area contributed by atoms with Crippen LogP contribution in [-0.4, -0.2) is 36.3 Å². The van der Waals surface area contributed by atoms with Crippen molar-refractivity contribution in [2.75, 3.05) is 13.2 Å². The van der Waals surface area contributed by atoms with Crippen LogP contribution in [0.4, 0.5) is 0 Å². The van der Waals surface area contributed by atoms with Gasteiger partial charge >= 0.3 is 5.97 Å². The number of rotatable bonds is 12. The molecule has 1 heterocycles. The summed E-state index contributed by atoms with van der Waals surface area (Å²) in [4.78, 5) is 15.3. The number of carbonyl (C=O) groups excluding carboxylic acids is 1. The number of ether oxygens (including phenoxy) is 2. The maximum atomic E-state index is 12.1. The Morgan fingerprint density at radius 2 is 2.04 bits per heavy atom. The number of H-pyrrole nitrogens is 1. The van der Waals surface area contributed by atoms with Gasteiger partial charge in [0.25, 0.3) is 0 Å². The predicted octanol–water partition coefficient (Wildman–Crippen LogP) is 4.43. The van der Waals surface area contributed by atoms with E-state index in [0.29, 0.717) is 25.6 Å². The number of esters is 1. The lowest BCUT2D eigenvalue weighted by molar-refractivity contribution is -0.150. The highest BCUT2D eigenvalue weighted by molar-refractivity contribution is 5.85. The molecule has 1 aromatic heterocycles. The highest BCUT2D eigenvalue weighted by atomic mass is 16.6. The standard InChI is InChI=1S/C21H32N2O3/c1-4-5-6-7-11-21(24)26-17(14-23-16(2)3)15-25-20-10-8-9-19-18(20)12-13-22-19/h8-10,12-13,16-17,22-23H,4-7,11,14-15H2,1-3H3. The minimum absolute atomic E-state index is 0.139. The Kier molecular flexibility index (Phi) is 8.48. The second kappa shape index (κ2) is 10.9. The molecule has 0 aliphatic rings. The molecule has 0 aliphatic heterocycles. The summed E-state index contributed by atoms with van der Waals surface area (Å²) < 4.78 is 11.6. The Hall–Kier alpha value is -2.01. The van der Waals surface area contributed by atoms with Crippen LogP contribution in [0.3, 0.4) is 0 Å². The highest BCUT2D eigenvalue weighted by Gasteiger charge is 2.16. The van der Waals surface area contributed by atoms with Crippen molar-refractivity contribution < 1.29 is 14.3 Å². The third-order valence-corrected chi connectivity index (χ3v) is 4.27. The SMILES string of the molecule is CCCCCCC(=O)OC(CNC(C)C)COc1cccc2[nH]ccc12. The van der Waals surface area contributed by atoms with Crippen LogP contribution in [0, 0.1) is 0 Å². The summed E-state index contributed by atoms with van der Waals surface area (Å²) >= 11 is 0. The van der Waals surface area contributed by atoms with Crippen molar-refractivity contribution in [3.05, 3.63) is 30.5 Å². The number of aromatic amines is 1. The first kappa shape index (κ1) is 20.3. The summed E-state index contributed by atoms with van der Waals surface area (Å²) in [6.45, 7) is 7.23. The minimum atomic E-state index is -0.301. The van der Waals surface area contributed by atoms with E-state index in [4.69, 9.17) is 9.47 Å². The molecule has 0 amide bonds. The molecule has 0 radical (unpaired) electrons. The van der Waals surface area contributed by atoms with E-state index in [2.05, 4.69) is 31.1 Å². The summed E-state index contributed by atoms with van der Waals surface area (Å²) in [5, 5.41) is 4.37. The zero-order valence-corrected chi connectivity index (χ0v) is 16.2. The average Bonchev–Trinajstić information content (AvgIpc) is 3.10. The molecular weight excluding hydrogens is 328 g/mol.